The molecule has 0 atom stereocenters. The van der Waals surface area contributed by atoms with E-state index in [2.05, 4.69) is 0 Å². The van der Waals surface area contributed by atoms with E-state index >= 15 is 0 Å². The third-order valence-corrected chi connectivity index (χ3v) is 7.72. The molecule has 150 valence electrons. The first-order chi connectivity index (χ1) is 11.6. The first-order valence-corrected chi connectivity index (χ1v) is 9.50. The highest BCUT2D eigenvalue weighted by Crippen LogP contribution is 2.38. The van der Waals surface area contributed by atoms with Crippen LogP contribution in [0.5, 0.6) is 11.5 Å². The third-order valence-electron chi connectivity index (χ3n) is 3.19. The molecule has 1 aromatic carbocycles. The second-order valence-corrected chi connectivity index (χ2v) is 9.35. The highest BCUT2D eigenvalue weighted by atomic mass is 32.3. The Balaban J connectivity index is 3.55. The number of rotatable bonds is 6. The van der Waals surface area contributed by atoms with Crippen molar-refractivity contribution in [2.45, 2.75) is 22.0 Å². The van der Waals surface area contributed by atoms with Gasteiger partial charge in [0.05, 0.1) is 14.2 Å². The molecule has 0 bridgehead atoms. The van der Waals surface area contributed by atoms with Crippen molar-refractivity contribution in [3.05, 3.63) is 23.8 Å². The van der Waals surface area contributed by atoms with Gasteiger partial charge in [-0.05, 0) is 17.7 Å². The predicted octanol–water partition coefficient (Wildman–Crippen LogP) is 2.44. The van der Waals surface area contributed by atoms with Crippen LogP contribution in [0.3, 0.4) is 0 Å². The number of ether oxygens (including phenoxy) is 2. The SMILES string of the molecule is COc1ccc(CC(S(=O)(=O)C(F)(F)F)S(=O)(=O)C(F)(F)F)cc1OC. The van der Waals surface area contributed by atoms with E-state index in [1.165, 1.54) is 7.11 Å². The minimum Gasteiger partial charge on any atom is -0.493 e. The highest BCUT2D eigenvalue weighted by molar-refractivity contribution is 8.09. The molecule has 0 fully saturated rings. The van der Waals surface area contributed by atoms with Gasteiger partial charge in [-0.25, -0.2) is 16.8 Å². The van der Waals surface area contributed by atoms with Gasteiger partial charge >= 0.3 is 11.0 Å². The topological polar surface area (TPSA) is 86.7 Å². The van der Waals surface area contributed by atoms with Crippen LogP contribution in [0, 0.1) is 0 Å². The summed E-state index contributed by atoms with van der Waals surface area (Å²) in [6.07, 6.45) is -1.59. The molecule has 14 heteroatoms. The smallest absolute Gasteiger partial charge is 0.493 e. The van der Waals surface area contributed by atoms with Crippen LogP contribution in [0.4, 0.5) is 26.3 Å². The van der Waals surface area contributed by atoms with Crippen LogP contribution in [0.15, 0.2) is 18.2 Å². The maximum absolute atomic E-state index is 12.7. The average Bonchev–Trinajstić information content (AvgIpc) is 2.49. The minimum absolute atomic E-state index is 0.0464. The lowest BCUT2D eigenvalue weighted by Crippen LogP contribution is -2.46. The van der Waals surface area contributed by atoms with Crippen LogP contribution >= 0.6 is 0 Å². The van der Waals surface area contributed by atoms with Gasteiger partial charge in [0.15, 0.2) is 16.1 Å². The van der Waals surface area contributed by atoms with Crippen LogP contribution in [0.1, 0.15) is 5.56 Å². The first-order valence-electron chi connectivity index (χ1n) is 6.40. The van der Waals surface area contributed by atoms with Crippen LogP contribution < -0.4 is 9.47 Å². The molecular weight excluding hydrogens is 418 g/mol. The summed E-state index contributed by atoms with van der Waals surface area (Å²) in [5.74, 6) is -0.0947. The standard InChI is InChI=1S/C12H12F6O6S2/c1-23-8-4-3-7(5-9(8)24-2)6-10(25(19,20)11(13,14)15)26(21,22)12(16,17)18/h3-5,10H,6H2,1-2H3. The van der Waals surface area contributed by atoms with Gasteiger partial charge in [-0.2, -0.15) is 26.3 Å². The van der Waals surface area contributed by atoms with Crippen molar-refractivity contribution in [1.29, 1.82) is 0 Å². The summed E-state index contributed by atoms with van der Waals surface area (Å²) in [6.45, 7) is 0. The molecule has 26 heavy (non-hydrogen) atoms. The molecule has 0 saturated heterocycles. The molecule has 0 radical (unpaired) electrons. The normalized spacial score (nSPS) is 13.7. The molecule has 0 saturated carbocycles. The van der Waals surface area contributed by atoms with Crippen molar-refractivity contribution in [1.82, 2.24) is 0 Å². The Labute approximate surface area is 144 Å². The Hall–Kier alpha value is -1.70. The van der Waals surface area contributed by atoms with Crippen LogP contribution in [0.25, 0.3) is 0 Å². The van der Waals surface area contributed by atoms with Crippen molar-refractivity contribution in [3.63, 3.8) is 0 Å². The lowest BCUT2D eigenvalue weighted by atomic mass is 10.1. The highest BCUT2D eigenvalue weighted by Gasteiger charge is 2.62. The third kappa shape index (κ3) is 4.16. The average molecular weight is 430 g/mol. The fourth-order valence-corrected chi connectivity index (χ4v) is 5.29. The number of benzene rings is 1. The second-order valence-electron chi connectivity index (χ2n) is 4.80. The van der Waals surface area contributed by atoms with Crippen LogP contribution in [0.2, 0.25) is 0 Å². The van der Waals surface area contributed by atoms with E-state index in [0.717, 1.165) is 25.3 Å². The fourth-order valence-electron chi connectivity index (χ4n) is 1.88. The number of methoxy groups -OCH3 is 2. The molecule has 1 rings (SSSR count). The van der Waals surface area contributed by atoms with Gasteiger partial charge in [0, 0.05) is 6.42 Å². The molecule has 0 aliphatic rings. The maximum Gasteiger partial charge on any atom is 0.498 e. The summed E-state index contributed by atoms with van der Waals surface area (Å²) in [7, 11) is -11.1. The van der Waals surface area contributed by atoms with Gasteiger partial charge in [-0.15, -0.1) is 0 Å². The van der Waals surface area contributed by atoms with Crippen LogP contribution in [-0.2, 0) is 26.1 Å². The van der Waals surface area contributed by atoms with Crippen molar-refractivity contribution in [2.75, 3.05) is 14.2 Å². The monoisotopic (exact) mass is 430 g/mol. The fraction of sp³-hybridized carbons (Fsp3) is 0.500. The van der Waals surface area contributed by atoms with Crippen molar-refractivity contribution in [2.24, 2.45) is 0 Å². The Morgan fingerprint density at radius 3 is 1.62 bits per heavy atom. The molecule has 0 spiro atoms. The number of halogens is 6. The molecule has 0 aliphatic carbocycles. The van der Waals surface area contributed by atoms with Crippen molar-refractivity contribution >= 4 is 19.7 Å². The van der Waals surface area contributed by atoms with E-state index in [9.17, 15) is 43.2 Å². The summed E-state index contributed by atoms with van der Waals surface area (Å²) in [4.78, 5) is 0. The molecule has 0 amide bonds. The molecule has 6 nitrogen and oxygen atoms in total. The van der Waals surface area contributed by atoms with Crippen LogP contribution in [-0.4, -0.2) is 46.7 Å². The molecule has 0 aliphatic heterocycles. The summed E-state index contributed by atoms with van der Waals surface area (Å²) in [5.41, 5.74) is -12.9. The Morgan fingerprint density at radius 1 is 0.846 bits per heavy atom. The van der Waals surface area contributed by atoms with Gasteiger partial charge in [0.25, 0.3) is 19.7 Å². The molecular formula is C12H12F6O6S2. The second kappa shape index (κ2) is 7.13. The quantitative estimate of drug-likeness (QED) is 0.645. The zero-order chi connectivity index (χ0) is 20.6. The summed E-state index contributed by atoms with van der Waals surface area (Å²) in [5, 5.41) is 0. The number of hydrogen-bond donors (Lipinski definition) is 0. The van der Waals surface area contributed by atoms with E-state index < -0.39 is 47.3 Å². The summed E-state index contributed by atoms with van der Waals surface area (Å²) >= 11 is 0. The first kappa shape index (κ1) is 22.3. The zero-order valence-corrected chi connectivity index (χ0v) is 14.7. The van der Waals surface area contributed by atoms with E-state index in [1.54, 1.807) is 0 Å². The minimum atomic E-state index is -6.69. The van der Waals surface area contributed by atoms with E-state index in [0.29, 0.717) is 0 Å². The van der Waals surface area contributed by atoms with Gasteiger partial charge in [-0.1, -0.05) is 6.07 Å². The lowest BCUT2D eigenvalue weighted by Gasteiger charge is -2.21. The van der Waals surface area contributed by atoms with Crippen molar-refractivity contribution in [3.8, 4) is 11.5 Å². The zero-order valence-electron chi connectivity index (χ0n) is 13.1. The predicted molar refractivity (Wildman–Crippen MR) is 77.0 cm³/mol. The Kier molecular flexibility index (Phi) is 6.13. The number of alkyl halides is 6. The molecule has 1 aromatic rings. The Morgan fingerprint density at radius 2 is 1.27 bits per heavy atom. The van der Waals surface area contributed by atoms with E-state index in [1.807, 2.05) is 0 Å². The number of hydrogen-bond acceptors (Lipinski definition) is 6. The van der Waals surface area contributed by atoms with Gasteiger partial charge in [0.1, 0.15) is 0 Å². The van der Waals surface area contributed by atoms with E-state index in [4.69, 9.17) is 9.47 Å². The Bertz CT molecular complexity index is 813. The summed E-state index contributed by atoms with van der Waals surface area (Å²) < 4.78 is 128. The molecule has 0 heterocycles. The van der Waals surface area contributed by atoms with Gasteiger partial charge in [-0.3, -0.25) is 0 Å². The largest absolute Gasteiger partial charge is 0.498 e. The number of sulfone groups is 2. The van der Waals surface area contributed by atoms with Gasteiger partial charge < -0.3 is 9.47 Å². The van der Waals surface area contributed by atoms with Crippen molar-refractivity contribution < 1.29 is 52.7 Å². The summed E-state index contributed by atoms with van der Waals surface area (Å²) in [6, 6.07) is 2.88. The molecule has 0 unspecified atom stereocenters. The van der Waals surface area contributed by atoms with E-state index in [-0.39, 0.29) is 11.5 Å². The lowest BCUT2D eigenvalue weighted by molar-refractivity contribution is -0.0471. The maximum atomic E-state index is 12.7. The molecule has 0 N–H and O–H groups in total. The van der Waals surface area contributed by atoms with Gasteiger partial charge in [0.2, 0.25) is 0 Å². The molecule has 0 aromatic heterocycles.